The van der Waals surface area contributed by atoms with Gasteiger partial charge in [-0.25, -0.2) is 0 Å². The second kappa shape index (κ2) is 8.94. The van der Waals surface area contributed by atoms with E-state index in [1.54, 1.807) is 18.2 Å². The second-order valence-corrected chi connectivity index (χ2v) is 5.95. The molecule has 5 heteroatoms. The van der Waals surface area contributed by atoms with Crippen LogP contribution in [0.25, 0.3) is 6.08 Å². The van der Waals surface area contributed by atoms with E-state index in [0.717, 1.165) is 24.2 Å². The van der Waals surface area contributed by atoms with Gasteiger partial charge in [-0.15, -0.1) is 0 Å². The Hall–Kier alpha value is -2.95. The minimum absolute atomic E-state index is 0.203. The molecule has 1 heterocycles. The van der Waals surface area contributed by atoms with Crippen LogP contribution < -0.4 is 19.5 Å². The molecule has 0 fully saturated rings. The van der Waals surface area contributed by atoms with Crippen LogP contribution in [-0.4, -0.2) is 25.7 Å². The second-order valence-electron chi connectivity index (χ2n) is 5.95. The maximum Gasteiger partial charge on any atom is 0.248 e. The largest absolute Gasteiger partial charge is 0.494 e. The number of rotatable bonds is 6. The van der Waals surface area contributed by atoms with Gasteiger partial charge in [0.1, 0.15) is 5.75 Å². The third-order valence-electron chi connectivity index (χ3n) is 3.80. The Balaban J connectivity index is 1.58. The van der Waals surface area contributed by atoms with Gasteiger partial charge in [0.2, 0.25) is 5.91 Å². The van der Waals surface area contributed by atoms with E-state index in [9.17, 15) is 4.79 Å². The van der Waals surface area contributed by atoms with E-state index in [1.165, 1.54) is 6.08 Å². The Morgan fingerprint density at radius 1 is 1.12 bits per heavy atom. The predicted molar refractivity (Wildman–Crippen MR) is 102 cm³/mol. The fourth-order valence-electron chi connectivity index (χ4n) is 2.49. The van der Waals surface area contributed by atoms with E-state index >= 15 is 0 Å². The molecule has 5 nitrogen and oxygen atoms in total. The lowest BCUT2D eigenvalue weighted by molar-refractivity contribution is -0.111. The molecule has 0 unspecified atom stereocenters. The number of nitrogens with one attached hydrogen (secondary N) is 1. The monoisotopic (exact) mass is 353 g/mol. The molecule has 0 saturated carbocycles. The number of anilines is 1. The Kier molecular flexibility index (Phi) is 6.14. The summed E-state index contributed by atoms with van der Waals surface area (Å²) in [5.74, 6) is 2.00. The summed E-state index contributed by atoms with van der Waals surface area (Å²) in [6, 6.07) is 13.0. The highest BCUT2D eigenvalue weighted by atomic mass is 16.5. The summed E-state index contributed by atoms with van der Waals surface area (Å²) < 4.78 is 16.8. The van der Waals surface area contributed by atoms with Crippen molar-refractivity contribution in [2.24, 2.45) is 0 Å². The molecule has 0 bridgehead atoms. The quantitative estimate of drug-likeness (QED) is 0.787. The number of carbonyl (C=O) groups is 1. The molecule has 0 atom stereocenters. The maximum absolute atomic E-state index is 12.1. The molecule has 0 saturated heterocycles. The molecule has 0 spiro atoms. The number of benzene rings is 2. The summed E-state index contributed by atoms with van der Waals surface area (Å²) in [4.78, 5) is 12.1. The fraction of sp³-hybridized carbons (Fsp3) is 0.286. The highest BCUT2D eigenvalue weighted by Gasteiger charge is 2.11. The lowest BCUT2D eigenvalue weighted by Crippen LogP contribution is -2.08. The van der Waals surface area contributed by atoms with Crippen molar-refractivity contribution in [3.63, 3.8) is 0 Å². The predicted octanol–water partition coefficient (Wildman–Crippen LogP) is 4.29. The Labute approximate surface area is 153 Å². The van der Waals surface area contributed by atoms with E-state index in [-0.39, 0.29) is 5.91 Å². The average Bonchev–Trinajstić information content (AvgIpc) is 2.90. The van der Waals surface area contributed by atoms with Crippen molar-refractivity contribution in [2.45, 2.75) is 19.8 Å². The molecule has 1 aliphatic rings. The van der Waals surface area contributed by atoms with Gasteiger partial charge in [-0.3, -0.25) is 4.79 Å². The average molecular weight is 353 g/mol. The lowest BCUT2D eigenvalue weighted by Gasteiger charge is -2.09. The number of amides is 1. The van der Waals surface area contributed by atoms with Crippen LogP contribution in [-0.2, 0) is 4.79 Å². The molecule has 2 aromatic rings. The van der Waals surface area contributed by atoms with Crippen molar-refractivity contribution in [3.05, 3.63) is 54.1 Å². The smallest absolute Gasteiger partial charge is 0.248 e. The van der Waals surface area contributed by atoms with E-state index in [2.05, 4.69) is 12.2 Å². The third kappa shape index (κ3) is 5.02. The molecule has 2 aromatic carbocycles. The van der Waals surface area contributed by atoms with Crippen LogP contribution in [0.15, 0.2) is 48.5 Å². The van der Waals surface area contributed by atoms with E-state index in [1.807, 2.05) is 30.3 Å². The number of ether oxygens (including phenoxy) is 3. The zero-order valence-corrected chi connectivity index (χ0v) is 14.9. The molecule has 26 heavy (non-hydrogen) atoms. The first-order chi connectivity index (χ1) is 12.7. The number of hydrogen-bond acceptors (Lipinski definition) is 4. The topological polar surface area (TPSA) is 56.8 Å². The van der Waals surface area contributed by atoms with Crippen molar-refractivity contribution in [1.82, 2.24) is 0 Å². The first kappa shape index (κ1) is 17.9. The lowest BCUT2D eigenvalue weighted by atomic mass is 10.2. The van der Waals surface area contributed by atoms with Crippen LogP contribution in [0.1, 0.15) is 25.3 Å². The van der Waals surface area contributed by atoms with Gasteiger partial charge in [0, 0.05) is 24.3 Å². The third-order valence-corrected chi connectivity index (χ3v) is 3.80. The number of carbonyl (C=O) groups excluding carboxylic acids is 1. The van der Waals surface area contributed by atoms with Gasteiger partial charge in [0.05, 0.1) is 19.8 Å². The molecule has 136 valence electrons. The SMILES string of the molecule is CCCOc1ccc(/C=C/C(=O)Nc2ccc3c(c2)OCCCO3)cc1. The molecule has 0 aromatic heterocycles. The van der Waals surface area contributed by atoms with E-state index in [4.69, 9.17) is 14.2 Å². The highest BCUT2D eigenvalue weighted by molar-refractivity contribution is 6.02. The number of hydrogen-bond donors (Lipinski definition) is 1. The standard InChI is InChI=1S/C21H23NO4/c1-2-12-24-18-8-4-16(5-9-18)6-11-21(23)22-17-7-10-19-20(15-17)26-14-3-13-25-19/h4-11,15H,2-3,12-14H2,1H3,(H,22,23)/b11-6+. The first-order valence-electron chi connectivity index (χ1n) is 8.86. The molecule has 3 rings (SSSR count). The minimum atomic E-state index is -0.203. The molecular weight excluding hydrogens is 330 g/mol. The Morgan fingerprint density at radius 2 is 1.88 bits per heavy atom. The normalized spacial score (nSPS) is 13.3. The van der Waals surface area contributed by atoms with Crippen LogP contribution in [0.4, 0.5) is 5.69 Å². The molecule has 1 N–H and O–H groups in total. The van der Waals surface area contributed by atoms with Crippen LogP contribution in [0.3, 0.4) is 0 Å². The summed E-state index contributed by atoms with van der Waals surface area (Å²) in [5, 5.41) is 2.84. The van der Waals surface area contributed by atoms with Crippen LogP contribution in [0.2, 0.25) is 0 Å². The van der Waals surface area contributed by atoms with E-state index < -0.39 is 0 Å². The first-order valence-corrected chi connectivity index (χ1v) is 8.86. The van der Waals surface area contributed by atoms with Crippen molar-refractivity contribution in [2.75, 3.05) is 25.1 Å². The highest BCUT2D eigenvalue weighted by Crippen LogP contribution is 2.32. The van der Waals surface area contributed by atoms with Gasteiger partial charge < -0.3 is 19.5 Å². The van der Waals surface area contributed by atoms with Gasteiger partial charge in [-0.2, -0.15) is 0 Å². The van der Waals surface area contributed by atoms with Gasteiger partial charge >= 0.3 is 0 Å². The molecule has 1 amide bonds. The summed E-state index contributed by atoms with van der Waals surface area (Å²) in [6.07, 6.45) is 5.09. The zero-order chi connectivity index (χ0) is 18.2. The van der Waals surface area contributed by atoms with Crippen molar-refractivity contribution in [1.29, 1.82) is 0 Å². The molecule has 0 aliphatic carbocycles. The van der Waals surface area contributed by atoms with Crippen LogP contribution >= 0.6 is 0 Å². The number of fused-ring (bicyclic) bond motifs is 1. The van der Waals surface area contributed by atoms with E-state index in [0.29, 0.717) is 37.0 Å². The van der Waals surface area contributed by atoms with Gasteiger partial charge in [-0.05, 0) is 42.3 Å². The zero-order valence-electron chi connectivity index (χ0n) is 14.9. The maximum atomic E-state index is 12.1. The minimum Gasteiger partial charge on any atom is -0.494 e. The summed E-state index contributed by atoms with van der Waals surface area (Å²) in [6.45, 7) is 4.03. The van der Waals surface area contributed by atoms with Crippen molar-refractivity contribution >= 4 is 17.7 Å². The Morgan fingerprint density at radius 3 is 2.65 bits per heavy atom. The molecular formula is C21H23NO4. The van der Waals surface area contributed by atoms with Crippen molar-refractivity contribution in [3.8, 4) is 17.2 Å². The molecule has 1 aliphatic heterocycles. The van der Waals surface area contributed by atoms with Crippen LogP contribution in [0.5, 0.6) is 17.2 Å². The van der Waals surface area contributed by atoms with Crippen LogP contribution in [0, 0.1) is 0 Å². The summed E-state index contributed by atoms with van der Waals surface area (Å²) >= 11 is 0. The van der Waals surface area contributed by atoms with Gasteiger partial charge in [0.15, 0.2) is 11.5 Å². The van der Waals surface area contributed by atoms with Gasteiger partial charge in [-0.1, -0.05) is 19.1 Å². The fourth-order valence-corrected chi connectivity index (χ4v) is 2.49. The summed E-state index contributed by atoms with van der Waals surface area (Å²) in [7, 11) is 0. The Bertz CT molecular complexity index is 768. The summed E-state index contributed by atoms with van der Waals surface area (Å²) in [5.41, 5.74) is 1.61. The van der Waals surface area contributed by atoms with Gasteiger partial charge in [0.25, 0.3) is 0 Å². The van der Waals surface area contributed by atoms with Crippen molar-refractivity contribution < 1.29 is 19.0 Å². The molecule has 0 radical (unpaired) electrons.